The Labute approximate surface area is 140 Å². The number of nitrogens with zero attached hydrogens (tertiary/aromatic N) is 1. The van der Waals surface area contributed by atoms with Crippen molar-refractivity contribution in [1.82, 2.24) is 4.98 Å². The minimum atomic E-state index is 0.673. The third-order valence-corrected chi connectivity index (χ3v) is 4.57. The first kappa shape index (κ1) is 13.4. The van der Waals surface area contributed by atoms with E-state index < -0.39 is 0 Å². The van der Waals surface area contributed by atoms with Gasteiger partial charge in [-0.1, -0.05) is 78.3 Å². The maximum atomic E-state index is 6.20. The van der Waals surface area contributed by atoms with E-state index in [2.05, 4.69) is 74.6 Å². The third kappa shape index (κ3) is 1.88. The van der Waals surface area contributed by atoms with E-state index in [-0.39, 0.29) is 0 Å². The van der Waals surface area contributed by atoms with Crippen LogP contribution in [0.25, 0.3) is 44.1 Å². The smallest absolute Gasteiger partial charge is 0.227 e. The van der Waals surface area contributed by atoms with E-state index in [4.69, 9.17) is 9.40 Å². The van der Waals surface area contributed by atoms with Crippen molar-refractivity contribution in [2.24, 2.45) is 0 Å². The Morgan fingerprint density at radius 2 is 1.25 bits per heavy atom. The van der Waals surface area contributed by atoms with E-state index in [0.29, 0.717) is 5.89 Å². The minimum Gasteiger partial charge on any atom is -0.435 e. The van der Waals surface area contributed by atoms with Crippen LogP contribution in [0.15, 0.2) is 77.2 Å². The summed E-state index contributed by atoms with van der Waals surface area (Å²) in [6, 6.07) is 25.0. The van der Waals surface area contributed by atoms with Gasteiger partial charge in [0.05, 0.1) is 0 Å². The largest absolute Gasteiger partial charge is 0.435 e. The second-order valence-electron chi connectivity index (χ2n) is 6.15. The molecular weight excluding hydrogens is 293 g/mol. The van der Waals surface area contributed by atoms with Crippen molar-refractivity contribution in [3.05, 3.63) is 72.8 Å². The summed E-state index contributed by atoms with van der Waals surface area (Å²) in [7, 11) is 2.08. The molecule has 112 valence electrons. The number of benzene rings is 4. The molecule has 2 nitrogen and oxygen atoms in total. The number of hydrogen-bond acceptors (Lipinski definition) is 2. The van der Waals surface area contributed by atoms with Gasteiger partial charge in [0, 0.05) is 16.3 Å². The number of fused-ring (bicyclic) bond motifs is 6. The third-order valence-electron chi connectivity index (χ3n) is 4.57. The lowest BCUT2D eigenvalue weighted by atomic mass is 9.95. The molecular formula is C21H14BNO. The molecule has 0 spiro atoms. The fourth-order valence-corrected chi connectivity index (χ4v) is 3.35. The van der Waals surface area contributed by atoms with E-state index in [0.717, 1.165) is 27.4 Å². The Morgan fingerprint density at radius 1 is 0.667 bits per heavy atom. The number of aromatic nitrogens is 1. The van der Waals surface area contributed by atoms with Crippen LogP contribution in [0.3, 0.4) is 0 Å². The van der Waals surface area contributed by atoms with Gasteiger partial charge in [-0.3, -0.25) is 0 Å². The van der Waals surface area contributed by atoms with Crippen LogP contribution in [0, 0.1) is 0 Å². The number of oxazole rings is 1. The van der Waals surface area contributed by atoms with Gasteiger partial charge in [-0.25, -0.2) is 4.98 Å². The molecule has 0 saturated carbocycles. The SMILES string of the molecule is Bc1ccc(-c2nc3c4ccccc4c4ccccc4c3o2)cc1. The van der Waals surface area contributed by atoms with Gasteiger partial charge in [0.25, 0.3) is 0 Å². The topological polar surface area (TPSA) is 26.0 Å². The summed E-state index contributed by atoms with van der Waals surface area (Å²) in [5, 5.41) is 4.65. The molecule has 0 bridgehead atoms. The fourth-order valence-electron chi connectivity index (χ4n) is 3.35. The second-order valence-corrected chi connectivity index (χ2v) is 6.15. The van der Waals surface area contributed by atoms with Crippen molar-refractivity contribution in [3.8, 4) is 11.5 Å². The van der Waals surface area contributed by atoms with Crippen molar-refractivity contribution in [2.45, 2.75) is 0 Å². The van der Waals surface area contributed by atoms with Gasteiger partial charge >= 0.3 is 0 Å². The molecule has 0 unspecified atom stereocenters. The molecule has 0 aliphatic heterocycles. The molecule has 0 radical (unpaired) electrons. The average molecular weight is 307 g/mol. The summed E-state index contributed by atoms with van der Waals surface area (Å²) in [6.07, 6.45) is 0. The van der Waals surface area contributed by atoms with Crippen LogP contribution in [-0.2, 0) is 0 Å². The molecule has 1 aromatic heterocycles. The standard InChI is InChI=1S/C21H14BNO/c22-14-11-9-13(10-12-14)21-23-19-17-7-3-1-5-15(17)16-6-2-4-8-18(16)20(19)24-21/h1-12H,22H2. The van der Waals surface area contributed by atoms with Crippen LogP contribution in [-0.4, -0.2) is 12.8 Å². The minimum absolute atomic E-state index is 0.673. The summed E-state index contributed by atoms with van der Waals surface area (Å²) in [5.74, 6) is 0.673. The maximum Gasteiger partial charge on any atom is 0.227 e. The molecule has 3 heteroatoms. The van der Waals surface area contributed by atoms with Crippen LogP contribution in [0.4, 0.5) is 0 Å². The van der Waals surface area contributed by atoms with E-state index in [1.54, 1.807) is 0 Å². The van der Waals surface area contributed by atoms with Gasteiger partial charge in [0.15, 0.2) is 5.58 Å². The predicted octanol–water partition coefficient (Wildman–Crippen LogP) is 4.06. The molecule has 1 heterocycles. The van der Waals surface area contributed by atoms with Gasteiger partial charge in [-0.2, -0.15) is 0 Å². The van der Waals surface area contributed by atoms with Crippen molar-refractivity contribution < 1.29 is 4.42 Å². The summed E-state index contributed by atoms with van der Waals surface area (Å²) >= 11 is 0. The Bertz CT molecular complexity index is 1130. The van der Waals surface area contributed by atoms with Gasteiger partial charge in [0.1, 0.15) is 13.4 Å². The highest BCUT2D eigenvalue weighted by Crippen LogP contribution is 2.36. The van der Waals surface area contributed by atoms with Gasteiger partial charge in [-0.15, -0.1) is 0 Å². The first-order valence-corrected chi connectivity index (χ1v) is 8.08. The Balaban J connectivity index is 1.93. The summed E-state index contributed by atoms with van der Waals surface area (Å²) < 4.78 is 6.20. The zero-order valence-electron chi connectivity index (χ0n) is 13.3. The van der Waals surface area contributed by atoms with Crippen LogP contribution >= 0.6 is 0 Å². The second kappa shape index (κ2) is 4.97. The van der Waals surface area contributed by atoms with Gasteiger partial charge in [0.2, 0.25) is 5.89 Å². The first-order valence-electron chi connectivity index (χ1n) is 8.08. The monoisotopic (exact) mass is 307 g/mol. The highest BCUT2D eigenvalue weighted by Gasteiger charge is 2.15. The maximum absolute atomic E-state index is 6.20. The molecule has 24 heavy (non-hydrogen) atoms. The van der Waals surface area contributed by atoms with Crippen LogP contribution in [0.5, 0.6) is 0 Å². The molecule has 0 atom stereocenters. The lowest BCUT2D eigenvalue weighted by molar-refractivity contribution is 0.623. The molecule has 4 aromatic carbocycles. The van der Waals surface area contributed by atoms with Crippen LogP contribution in [0.2, 0.25) is 0 Å². The predicted molar refractivity (Wildman–Crippen MR) is 103 cm³/mol. The summed E-state index contributed by atoms with van der Waals surface area (Å²) in [4.78, 5) is 4.82. The first-order chi connectivity index (χ1) is 11.8. The van der Waals surface area contributed by atoms with Crippen molar-refractivity contribution in [1.29, 1.82) is 0 Å². The molecule has 5 rings (SSSR count). The van der Waals surface area contributed by atoms with Crippen LogP contribution in [0.1, 0.15) is 0 Å². The summed E-state index contributed by atoms with van der Waals surface area (Å²) in [6.45, 7) is 0. The quantitative estimate of drug-likeness (QED) is 0.345. The lowest BCUT2D eigenvalue weighted by Gasteiger charge is -2.04. The fraction of sp³-hybridized carbons (Fsp3) is 0. The van der Waals surface area contributed by atoms with Crippen LogP contribution < -0.4 is 5.46 Å². The molecule has 0 saturated heterocycles. The average Bonchev–Trinajstić information content (AvgIpc) is 3.08. The van der Waals surface area contributed by atoms with Crippen molar-refractivity contribution >= 4 is 46.0 Å². The van der Waals surface area contributed by atoms with Gasteiger partial charge < -0.3 is 4.42 Å². The van der Waals surface area contributed by atoms with E-state index in [9.17, 15) is 0 Å². The zero-order valence-corrected chi connectivity index (χ0v) is 13.3. The van der Waals surface area contributed by atoms with Crippen molar-refractivity contribution in [2.75, 3.05) is 0 Å². The molecule has 0 N–H and O–H groups in total. The Kier molecular flexibility index (Phi) is 2.77. The lowest BCUT2D eigenvalue weighted by Crippen LogP contribution is -1.99. The number of rotatable bonds is 1. The number of hydrogen-bond donors (Lipinski definition) is 0. The molecule has 0 amide bonds. The van der Waals surface area contributed by atoms with Gasteiger partial charge in [-0.05, 0) is 10.8 Å². The molecule has 5 aromatic rings. The van der Waals surface area contributed by atoms with E-state index >= 15 is 0 Å². The highest BCUT2D eigenvalue weighted by atomic mass is 16.3. The van der Waals surface area contributed by atoms with E-state index in [1.807, 2.05) is 6.07 Å². The molecule has 0 aliphatic carbocycles. The normalized spacial score (nSPS) is 11.5. The van der Waals surface area contributed by atoms with E-state index in [1.165, 1.54) is 16.2 Å². The molecule has 0 aliphatic rings. The highest BCUT2D eigenvalue weighted by molar-refractivity contribution is 6.32. The Hall–Kier alpha value is -3.07. The molecule has 0 fully saturated rings. The Morgan fingerprint density at radius 3 is 1.96 bits per heavy atom. The zero-order chi connectivity index (χ0) is 16.1. The summed E-state index contributed by atoms with van der Waals surface area (Å²) in [5.41, 5.74) is 4.02. The van der Waals surface area contributed by atoms with Crippen molar-refractivity contribution in [3.63, 3.8) is 0 Å².